The van der Waals surface area contributed by atoms with Gasteiger partial charge in [-0.15, -0.1) is 0 Å². The summed E-state index contributed by atoms with van der Waals surface area (Å²) in [6.07, 6.45) is 6.14. The summed E-state index contributed by atoms with van der Waals surface area (Å²) in [6.45, 7) is 0.937. The molecule has 2 N–H and O–H groups in total. The third kappa shape index (κ3) is 2.18. The minimum absolute atomic E-state index is 0.0426. The predicted octanol–water partition coefficient (Wildman–Crippen LogP) is 2.29. The highest BCUT2D eigenvalue weighted by molar-refractivity contribution is 5.92. The van der Waals surface area contributed by atoms with Crippen molar-refractivity contribution in [3.05, 3.63) is 30.1 Å². The van der Waals surface area contributed by atoms with Crippen molar-refractivity contribution >= 4 is 17.0 Å². The number of carboxylic acids is 1. The third-order valence-corrected chi connectivity index (χ3v) is 4.37. The summed E-state index contributed by atoms with van der Waals surface area (Å²) >= 11 is 0. The fourth-order valence-electron chi connectivity index (χ4n) is 3.18. The topological polar surface area (TPSA) is 75.3 Å². The second kappa shape index (κ2) is 4.90. The number of rotatable bonds is 4. The number of nitrogens with zero attached hydrogens (tertiary/aromatic N) is 2. The number of aromatic nitrogens is 2. The zero-order valence-electron chi connectivity index (χ0n) is 11.2. The Labute approximate surface area is 116 Å². The lowest BCUT2D eigenvalue weighted by Crippen LogP contribution is -2.27. The number of hydrogen-bond acceptors (Lipinski definition) is 3. The lowest BCUT2D eigenvalue weighted by molar-refractivity contribution is 0.0697. The first kappa shape index (κ1) is 13.1. The van der Waals surface area contributed by atoms with E-state index >= 15 is 0 Å². The Kier molecular flexibility index (Phi) is 3.22. The number of aliphatic hydroxyl groups is 1. The summed E-state index contributed by atoms with van der Waals surface area (Å²) in [5.41, 5.74) is 1.82. The van der Waals surface area contributed by atoms with Crippen LogP contribution >= 0.6 is 0 Å². The largest absolute Gasteiger partial charge is 0.478 e. The van der Waals surface area contributed by atoms with Crippen molar-refractivity contribution < 1.29 is 15.0 Å². The molecule has 0 aliphatic heterocycles. The molecule has 106 valence electrons. The Morgan fingerprint density at radius 2 is 2.10 bits per heavy atom. The molecule has 1 aliphatic rings. The van der Waals surface area contributed by atoms with Crippen LogP contribution in [0.4, 0.5) is 0 Å². The number of aromatic carboxylic acids is 1. The summed E-state index contributed by atoms with van der Waals surface area (Å²) in [5.74, 6) is -0.941. The Morgan fingerprint density at radius 1 is 1.35 bits per heavy atom. The summed E-state index contributed by atoms with van der Waals surface area (Å²) < 4.78 is 2.03. The van der Waals surface area contributed by atoms with Crippen LogP contribution in [0, 0.1) is 5.41 Å². The molecule has 0 saturated heterocycles. The molecule has 1 aliphatic carbocycles. The second-order valence-corrected chi connectivity index (χ2v) is 5.75. The third-order valence-electron chi connectivity index (χ3n) is 4.37. The molecule has 0 spiro atoms. The Balaban J connectivity index is 1.94. The molecular formula is C15H18N2O3. The van der Waals surface area contributed by atoms with Crippen LogP contribution in [-0.2, 0) is 6.54 Å². The highest BCUT2D eigenvalue weighted by Crippen LogP contribution is 2.39. The van der Waals surface area contributed by atoms with Gasteiger partial charge in [0.1, 0.15) is 0 Å². The SMILES string of the molecule is O=C(O)c1ccc2c(c1)ncn2CC1(CO)CCCC1. The van der Waals surface area contributed by atoms with Crippen LogP contribution in [0.3, 0.4) is 0 Å². The molecule has 3 rings (SSSR count). The van der Waals surface area contributed by atoms with E-state index in [1.165, 1.54) is 0 Å². The fourth-order valence-corrected chi connectivity index (χ4v) is 3.18. The van der Waals surface area contributed by atoms with E-state index in [1.54, 1.807) is 24.5 Å². The number of aliphatic hydroxyl groups excluding tert-OH is 1. The zero-order chi connectivity index (χ0) is 14.2. The van der Waals surface area contributed by atoms with Gasteiger partial charge < -0.3 is 14.8 Å². The number of hydrogen-bond donors (Lipinski definition) is 2. The smallest absolute Gasteiger partial charge is 0.335 e. The molecule has 0 amide bonds. The lowest BCUT2D eigenvalue weighted by Gasteiger charge is -2.27. The minimum Gasteiger partial charge on any atom is -0.478 e. The summed E-state index contributed by atoms with van der Waals surface area (Å²) in [5, 5.41) is 18.7. The van der Waals surface area contributed by atoms with Crippen molar-refractivity contribution in [2.24, 2.45) is 5.41 Å². The maximum atomic E-state index is 11.0. The average Bonchev–Trinajstić information content (AvgIpc) is 3.07. The summed E-state index contributed by atoms with van der Waals surface area (Å²) in [7, 11) is 0. The van der Waals surface area contributed by atoms with E-state index in [2.05, 4.69) is 4.98 Å². The van der Waals surface area contributed by atoms with Crippen LogP contribution < -0.4 is 0 Å². The molecule has 1 aromatic heterocycles. The number of benzene rings is 1. The van der Waals surface area contributed by atoms with Gasteiger partial charge >= 0.3 is 5.97 Å². The van der Waals surface area contributed by atoms with Crippen LogP contribution in [0.5, 0.6) is 0 Å². The van der Waals surface area contributed by atoms with Gasteiger partial charge in [0, 0.05) is 12.0 Å². The van der Waals surface area contributed by atoms with Crippen LogP contribution in [-0.4, -0.2) is 32.3 Å². The van der Waals surface area contributed by atoms with Crippen molar-refractivity contribution in [3.63, 3.8) is 0 Å². The van der Waals surface area contributed by atoms with Crippen LogP contribution in [0.15, 0.2) is 24.5 Å². The van der Waals surface area contributed by atoms with Gasteiger partial charge in [0.15, 0.2) is 0 Å². The van der Waals surface area contributed by atoms with Gasteiger partial charge in [-0.05, 0) is 31.0 Å². The van der Waals surface area contributed by atoms with Gasteiger partial charge in [0.2, 0.25) is 0 Å². The highest BCUT2D eigenvalue weighted by Gasteiger charge is 2.33. The molecule has 2 aromatic rings. The standard InChI is InChI=1S/C15H18N2O3/c18-9-15(5-1-2-6-15)8-17-10-16-12-7-11(14(19)20)3-4-13(12)17/h3-4,7,10,18H,1-2,5-6,8-9H2,(H,19,20). The number of carbonyl (C=O) groups is 1. The van der Waals surface area contributed by atoms with Crippen LogP contribution in [0.2, 0.25) is 0 Å². The van der Waals surface area contributed by atoms with Crippen LogP contribution in [0.25, 0.3) is 11.0 Å². The van der Waals surface area contributed by atoms with Gasteiger partial charge in [0.25, 0.3) is 0 Å². The van der Waals surface area contributed by atoms with E-state index in [4.69, 9.17) is 5.11 Å². The fraction of sp³-hybridized carbons (Fsp3) is 0.467. The molecule has 0 atom stereocenters. The van der Waals surface area contributed by atoms with Crippen molar-refractivity contribution in [1.29, 1.82) is 0 Å². The van der Waals surface area contributed by atoms with E-state index in [-0.39, 0.29) is 17.6 Å². The van der Waals surface area contributed by atoms with Crippen LogP contribution in [0.1, 0.15) is 36.0 Å². The van der Waals surface area contributed by atoms with Crippen molar-refractivity contribution in [2.45, 2.75) is 32.2 Å². The Hall–Kier alpha value is -1.88. The van der Waals surface area contributed by atoms with E-state index in [0.717, 1.165) is 37.7 Å². The zero-order valence-corrected chi connectivity index (χ0v) is 11.2. The van der Waals surface area contributed by atoms with E-state index in [1.807, 2.05) is 4.57 Å². The molecule has 5 nitrogen and oxygen atoms in total. The normalized spacial score (nSPS) is 17.6. The number of fused-ring (bicyclic) bond motifs is 1. The molecule has 20 heavy (non-hydrogen) atoms. The highest BCUT2D eigenvalue weighted by atomic mass is 16.4. The molecule has 1 fully saturated rings. The van der Waals surface area contributed by atoms with E-state index < -0.39 is 5.97 Å². The molecule has 5 heteroatoms. The lowest BCUT2D eigenvalue weighted by atomic mass is 9.87. The second-order valence-electron chi connectivity index (χ2n) is 5.75. The van der Waals surface area contributed by atoms with Gasteiger partial charge in [0.05, 0.1) is 29.5 Å². The Bertz CT molecular complexity index is 642. The first-order valence-electron chi connectivity index (χ1n) is 6.93. The molecule has 1 saturated carbocycles. The summed E-state index contributed by atoms with van der Waals surface area (Å²) in [6, 6.07) is 4.99. The van der Waals surface area contributed by atoms with E-state index in [9.17, 15) is 9.90 Å². The average molecular weight is 274 g/mol. The summed E-state index contributed by atoms with van der Waals surface area (Å²) in [4.78, 5) is 15.2. The van der Waals surface area contributed by atoms with E-state index in [0.29, 0.717) is 5.52 Å². The predicted molar refractivity (Wildman–Crippen MR) is 74.7 cm³/mol. The number of imidazole rings is 1. The maximum Gasteiger partial charge on any atom is 0.335 e. The molecule has 0 unspecified atom stereocenters. The van der Waals surface area contributed by atoms with Crippen molar-refractivity contribution in [1.82, 2.24) is 9.55 Å². The first-order chi connectivity index (χ1) is 9.63. The maximum absolute atomic E-state index is 11.0. The first-order valence-corrected chi connectivity index (χ1v) is 6.93. The molecule has 0 radical (unpaired) electrons. The molecule has 1 heterocycles. The molecule has 1 aromatic carbocycles. The Morgan fingerprint density at radius 3 is 2.75 bits per heavy atom. The van der Waals surface area contributed by atoms with Gasteiger partial charge in [-0.2, -0.15) is 0 Å². The van der Waals surface area contributed by atoms with Gasteiger partial charge in [-0.1, -0.05) is 12.8 Å². The monoisotopic (exact) mass is 274 g/mol. The minimum atomic E-state index is -0.941. The quantitative estimate of drug-likeness (QED) is 0.897. The molecular weight excluding hydrogens is 256 g/mol. The molecule has 0 bridgehead atoms. The van der Waals surface area contributed by atoms with Gasteiger partial charge in [-0.25, -0.2) is 9.78 Å². The number of carboxylic acid groups (broad SMARTS) is 1. The van der Waals surface area contributed by atoms with Crippen molar-refractivity contribution in [2.75, 3.05) is 6.61 Å². The van der Waals surface area contributed by atoms with Gasteiger partial charge in [-0.3, -0.25) is 0 Å². The van der Waals surface area contributed by atoms with Crippen molar-refractivity contribution in [3.8, 4) is 0 Å².